The molecule has 0 fully saturated rings. The number of hydrogen-bond donors (Lipinski definition) is 1. The number of ketones is 1. The zero-order valence-corrected chi connectivity index (χ0v) is 12.1. The van der Waals surface area contributed by atoms with Crippen LogP contribution in [0.2, 0.25) is 0 Å². The second-order valence-corrected chi connectivity index (χ2v) is 5.26. The zero-order chi connectivity index (χ0) is 14.5. The van der Waals surface area contributed by atoms with Crippen LogP contribution in [0.3, 0.4) is 0 Å². The summed E-state index contributed by atoms with van der Waals surface area (Å²) in [5, 5.41) is 0. The van der Waals surface area contributed by atoms with Crippen LogP contribution >= 0.6 is 0 Å². The fourth-order valence-corrected chi connectivity index (χ4v) is 2.27. The van der Waals surface area contributed by atoms with Crippen molar-refractivity contribution in [2.45, 2.75) is 32.7 Å². The molecule has 2 rings (SSSR count). The maximum atomic E-state index is 11.2. The van der Waals surface area contributed by atoms with Crippen LogP contribution in [0.4, 0.5) is 0 Å². The molecule has 1 unspecified atom stereocenters. The number of benzene rings is 2. The van der Waals surface area contributed by atoms with E-state index < -0.39 is 0 Å². The second kappa shape index (κ2) is 6.49. The Balaban J connectivity index is 2.19. The third-order valence-electron chi connectivity index (χ3n) is 3.70. The van der Waals surface area contributed by atoms with E-state index in [2.05, 4.69) is 37.3 Å². The van der Waals surface area contributed by atoms with Gasteiger partial charge in [0.2, 0.25) is 0 Å². The van der Waals surface area contributed by atoms with E-state index in [0.29, 0.717) is 6.42 Å². The van der Waals surface area contributed by atoms with E-state index >= 15 is 0 Å². The minimum Gasteiger partial charge on any atom is -0.322 e. The van der Waals surface area contributed by atoms with E-state index in [9.17, 15) is 4.79 Å². The predicted octanol–water partition coefficient (Wildman–Crippen LogP) is 3.51. The molecule has 0 amide bonds. The maximum Gasteiger partial charge on any atom is 0.146 e. The summed E-state index contributed by atoms with van der Waals surface area (Å²) in [6.45, 7) is 3.65. The first-order valence-electron chi connectivity index (χ1n) is 6.99. The molecular weight excluding hydrogens is 246 g/mol. The van der Waals surface area contributed by atoms with Gasteiger partial charge in [-0.25, -0.2) is 0 Å². The Bertz CT molecular complexity index is 590. The van der Waals surface area contributed by atoms with Crippen molar-refractivity contribution in [1.29, 1.82) is 0 Å². The van der Waals surface area contributed by atoms with Gasteiger partial charge in [-0.3, -0.25) is 4.79 Å². The van der Waals surface area contributed by atoms with Crippen molar-refractivity contribution >= 4 is 5.78 Å². The van der Waals surface area contributed by atoms with Crippen molar-refractivity contribution in [3.8, 4) is 11.1 Å². The first-order valence-corrected chi connectivity index (χ1v) is 6.99. The topological polar surface area (TPSA) is 43.1 Å². The lowest BCUT2D eigenvalue weighted by atomic mass is 9.95. The van der Waals surface area contributed by atoms with Crippen LogP contribution in [0.15, 0.2) is 48.5 Å². The highest BCUT2D eigenvalue weighted by atomic mass is 16.1. The van der Waals surface area contributed by atoms with Crippen LogP contribution in [0.25, 0.3) is 11.1 Å². The molecule has 2 N–H and O–H groups in total. The smallest absolute Gasteiger partial charge is 0.146 e. The van der Waals surface area contributed by atoms with Gasteiger partial charge in [-0.15, -0.1) is 0 Å². The molecule has 2 aromatic rings. The molecular formula is C18H21NO. The Labute approximate surface area is 120 Å². The summed E-state index contributed by atoms with van der Waals surface area (Å²) in [4.78, 5) is 11.2. The number of Topliss-reactive ketones (excluding diaryl/α,β-unsaturated/α-hetero) is 1. The van der Waals surface area contributed by atoms with Gasteiger partial charge < -0.3 is 5.73 Å². The number of rotatable bonds is 5. The van der Waals surface area contributed by atoms with Gasteiger partial charge in [0.1, 0.15) is 5.78 Å². The summed E-state index contributed by atoms with van der Waals surface area (Å²) in [5.74, 6) is 0.0573. The van der Waals surface area contributed by atoms with Crippen LogP contribution in [0.1, 0.15) is 24.5 Å². The molecule has 2 aromatic carbocycles. The third-order valence-corrected chi connectivity index (χ3v) is 3.70. The van der Waals surface area contributed by atoms with Gasteiger partial charge in [-0.05, 0) is 48.9 Å². The van der Waals surface area contributed by atoms with Gasteiger partial charge in [0.05, 0.1) is 6.04 Å². The van der Waals surface area contributed by atoms with Crippen molar-refractivity contribution < 1.29 is 4.79 Å². The molecule has 2 nitrogen and oxygen atoms in total. The second-order valence-electron chi connectivity index (χ2n) is 5.26. The first-order chi connectivity index (χ1) is 9.58. The SMILES string of the molecule is CC(=O)C(N)CCc1cc(-c2ccccc2)ccc1C. The van der Waals surface area contributed by atoms with Gasteiger partial charge in [0.25, 0.3) is 0 Å². The fraction of sp³-hybridized carbons (Fsp3) is 0.278. The summed E-state index contributed by atoms with van der Waals surface area (Å²) in [5.41, 5.74) is 10.8. The van der Waals surface area contributed by atoms with E-state index in [1.807, 2.05) is 18.2 Å². The summed E-state index contributed by atoms with van der Waals surface area (Å²) in [6, 6.07) is 16.4. The molecule has 0 aromatic heterocycles. The lowest BCUT2D eigenvalue weighted by Crippen LogP contribution is -2.28. The quantitative estimate of drug-likeness (QED) is 0.900. The van der Waals surface area contributed by atoms with Crippen LogP contribution in [0.5, 0.6) is 0 Å². The van der Waals surface area contributed by atoms with Crippen molar-refractivity contribution in [3.63, 3.8) is 0 Å². The number of carbonyl (C=O) groups excluding carboxylic acids is 1. The Morgan fingerprint density at radius 3 is 2.45 bits per heavy atom. The number of carbonyl (C=O) groups is 1. The minimum atomic E-state index is -0.352. The number of hydrogen-bond acceptors (Lipinski definition) is 2. The Kier molecular flexibility index (Phi) is 4.70. The van der Waals surface area contributed by atoms with Crippen LogP contribution in [-0.2, 0) is 11.2 Å². The molecule has 0 spiro atoms. The maximum absolute atomic E-state index is 11.2. The van der Waals surface area contributed by atoms with Crippen molar-refractivity contribution in [2.24, 2.45) is 5.73 Å². The molecule has 0 aliphatic rings. The van der Waals surface area contributed by atoms with E-state index in [4.69, 9.17) is 5.73 Å². The first kappa shape index (κ1) is 14.5. The molecule has 0 saturated carbocycles. The summed E-state index contributed by atoms with van der Waals surface area (Å²) in [6.07, 6.45) is 1.54. The zero-order valence-electron chi connectivity index (χ0n) is 12.1. The highest BCUT2D eigenvalue weighted by Gasteiger charge is 2.09. The van der Waals surface area contributed by atoms with E-state index in [1.165, 1.54) is 22.3 Å². The van der Waals surface area contributed by atoms with Gasteiger partial charge in [-0.2, -0.15) is 0 Å². The number of nitrogens with two attached hydrogens (primary N) is 1. The Morgan fingerprint density at radius 1 is 1.10 bits per heavy atom. The third kappa shape index (κ3) is 3.55. The largest absolute Gasteiger partial charge is 0.322 e. The van der Waals surface area contributed by atoms with Gasteiger partial charge in [0.15, 0.2) is 0 Å². The van der Waals surface area contributed by atoms with E-state index in [0.717, 1.165) is 6.42 Å². The normalized spacial score (nSPS) is 12.2. The highest BCUT2D eigenvalue weighted by Crippen LogP contribution is 2.23. The van der Waals surface area contributed by atoms with Gasteiger partial charge in [-0.1, -0.05) is 48.5 Å². The van der Waals surface area contributed by atoms with Crippen LogP contribution < -0.4 is 5.73 Å². The van der Waals surface area contributed by atoms with Gasteiger partial charge in [0, 0.05) is 0 Å². The molecule has 0 aliphatic heterocycles. The van der Waals surface area contributed by atoms with Crippen molar-refractivity contribution in [3.05, 3.63) is 59.7 Å². The molecule has 0 saturated heterocycles. The lowest BCUT2D eigenvalue weighted by Gasteiger charge is -2.11. The standard InChI is InChI=1S/C18H21NO/c1-13-8-9-17(15-6-4-3-5-7-15)12-16(13)10-11-18(19)14(2)20/h3-9,12,18H,10-11,19H2,1-2H3. The molecule has 2 heteroatoms. The van der Waals surface area contributed by atoms with E-state index in [-0.39, 0.29) is 11.8 Å². The summed E-state index contributed by atoms with van der Waals surface area (Å²) >= 11 is 0. The van der Waals surface area contributed by atoms with E-state index in [1.54, 1.807) is 6.92 Å². The number of aryl methyl sites for hydroxylation is 2. The summed E-state index contributed by atoms with van der Waals surface area (Å²) in [7, 11) is 0. The fourth-order valence-electron chi connectivity index (χ4n) is 2.27. The van der Waals surface area contributed by atoms with Crippen LogP contribution in [0, 0.1) is 6.92 Å². The molecule has 20 heavy (non-hydrogen) atoms. The average molecular weight is 267 g/mol. The molecule has 1 atom stereocenters. The van der Waals surface area contributed by atoms with Crippen molar-refractivity contribution in [2.75, 3.05) is 0 Å². The lowest BCUT2D eigenvalue weighted by molar-refractivity contribution is -0.118. The Morgan fingerprint density at radius 2 is 1.80 bits per heavy atom. The predicted molar refractivity (Wildman–Crippen MR) is 83.6 cm³/mol. The molecule has 0 heterocycles. The minimum absolute atomic E-state index is 0.0573. The van der Waals surface area contributed by atoms with Crippen molar-refractivity contribution in [1.82, 2.24) is 0 Å². The molecule has 0 aliphatic carbocycles. The monoisotopic (exact) mass is 267 g/mol. The molecule has 0 radical (unpaired) electrons. The Hall–Kier alpha value is -1.93. The molecule has 0 bridgehead atoms. The average Bonchev–Trinajstić information content (AvgIpc) is 2.47. The molecule has 104 valence electrons. The highest BCUT2D eigenvalue weighted by molar-refractivity contribution is 5.81. The van der Waals surface area contributed by atoms with Gasteiger partial charge >= 0.3 is 0 Å². The van der Waals surface area contributed by atoms with Crippen LogP contribution in [-0.4, -0.2) is 11.8 Å². The summed E-state index contributed by atoms with van der Waals surface area (Å²) < 4.78 is 0.